The second-order valence-electron chi connectivity index (χ2n) is 10.2. The molecule has 38 heavy (non-hydrogen) atoms. The van der Waals surface area contributed by atoms with E-state index in [1.807, 2.05) is 60.7 Å². The predicted octanol–water partition coefficient (Wildman–Crippen LogP) is 7.01. The first-order chi connectivity index (χ1) is 18.5. The Morgan fingerprint density at radius 1 is 0.842 bits per heavy atom. The third-order valence-electron chi connectivity index (χ3n) is 7.84. The molecular weight excluding hydrogens is 472 g/mol. The number of Topliss-reactive ketones (excluding diaryl/α,β-unsaturated/α-hetero) is 1. The number of carbonyl (C=O) groups is 3. The summed E-state index contributed by atoms with van der Waals surface area (Å²) in [7, 11) is 0. The first-order valence-corrected chi connectivity index (χ1v) is 13.1. The maximum absolute atomic E-state index is 13.2. The first-order valence-electron chi connectivity index (χ1n) is 13.1. The second-order valence-corrected chi connectivity index (χ2v) is 10.2. The molecule has 0 aliphatic heterocycles. The van der Waals surface area contributed by atoms with E-state index in [0.717, 1.165) is 47.2 Å². The van der Waals surface area contributed by atoms with Crippen molar-refractivity contribution >= 4 is 45.2 Å². The standard InChI is InChI=1S/C34H28O4/c1-22(36)20-33(37)38-34(21-35,31-14-6-10-23-8-3-5-12-26(23)31)32-15-7-13-27-29-17-16-24-9-2-4-11-25(24)28(29)18-19-30(27)32/h3-8,10-15,18-19,21H,2,9,16-17,20H2,1H3. The smallest absolute Gasteiger partial charge is 0.314 e. The number of benzene rings is 4. The molecule has 0 spiro atoms. The van der Waals surface area contributed by atoms with Crippen LogP contribution in [0, 0.1) is 0 Å². The van der Waals surface area contributed by atoms with Crippen LogP contribution in [0.5, 0.6) is 0 Å². The van der Waals surface area contributed by atoms with Crippen LogP contribution in [-0.4, -0.2) is 18.0 Å². The summed E-state index contributed by atoms with van der Waals surface area (Å²) in [6.07, 6.45) is 8.92. The molecule has 0 N–H and O–H groups in total. The fraction of sp³-hybridized carbons (Fsp3) is 0.206. The molecular formula is C34H28O4. The summed E-state index contributed by atoms with van der Waals surface area (Å²) in [5, 5.41) is 3.67. The first kappa shape index (κ1) is 24.1. The third kappa shape index (κ3) is 3.88. The van der Waals surface area contributed by atoms with Crippen molar-refractivity contribution in [1.29, 1.82) is 0 Å². The maximum Gasteiger partial charge on any atom is 0.314 e. The molecule has 2 aliphatic rings. The Morgan fingerprint density at radius 2 is 1.58 bits per heavy atom. The van der Waals surface area contributed by atoms with E-state index in [0.29, 0.717) is 17.4 Å². The molecule has 0 saturated carbocycles. The molecule has 0 amide bonds. The fourth-order valence-corrected chi connectivity index (χ4v) is 6.17. The molecule has 2 aliphatic carbocycles. The molecule has 0 heterocycles. The van der Waals surface area contributed by atoms with Crippen LogP contribution in [0.25, 0.3) is 27.1 Å². The highest BCUT2D eigenvalue weighted by Crippen LogP contribution is 2.44. The zero-order chi connectivity index (χ0) is 26.3. The Morgan fingerprint density at radius 3 is 2.39 bits per heavy atom. The van der Waals surface area contributed by atoms with Crippen LogP contribution in [0.2, 0.25) is 0 Å². The minimum absolute atomic E-state index is 0.315. The van der Waals surface area contributed by atoms with Crippen molar-refractivity contribution < 1.29 is 19.1 Å². The molecule has 188 valence electrons. The van der Waals surface area contributed by atoms with Gasteiger partial charge in [-0.2, -0.15) is 0 Å². The van der Waals surface area contributed by atoms with Gasteiger partial charge in [0.2, 0.25) is 5.60 Å². The highest BCUT2D eigenvalue weighted by Gasteiger charge is 2.41. The average Bonchev–Trinajstić information content (AvgIpc) is 2.94. The molecule has 0 bridgehead atoms. The normalized spacial score (nSPS) is 16.0. The van der Waals surface area contributed by atoms with E-state index in [2.05, 4.69) is 24.3 Å². The zero-order valence-corrected chi connectivity index (χ0v) is 21.3. The van der Waals surface area contributed by atoms with Crippen LogP contribution in [0.15, 0.2) is 90.5 Å². The van der Waals surface area contributed by atoms with E-state index in [4.69, 9.17) is 4.74 Å². The van der Waals surface area contributed by atoms with Crippen molar-refractivity contribution in [2.24, 2.45) is 0 Å². The number of esters is 1. The number of ether oxygens (including phenoxy) is 1. The van der Waals surface area contributed by atoms with Gasteiger partial charge in [0.15, 0.2) is 6.29 Å². The largest absolute Gasteiger partial charge is 0.441 e. The summed E-state index contributed by atoms with van der Waals surface area (Å²) in [5.74, 6) is -1.04. The Labute approximate surface area is 221 Å². The van der Waals surface area contributed by atoms with Gasteiger partial charge in [0.25, 0.3) is 0 Å². The topological polar surface area (TPSA) is 60.4 Å². The summed E-state index contributed by atoms with van der Waals surface area (Å²) in [5.41, 5.74) is 4.77. The zero-order valence-electron chi connectivity index (χ0n) is 21.3. The van der Waals surface area contributed by atoms with Crippen LogP contribution < -0.4 is 0 Å². The van der Waals surface area contributed by atoms with Crippen molar-refractivity contribution in [3.05, 3.63) is 113 Å². The van der Waals surface area contributed by atoms with E-state index in [9.17, 15) is 14.4 Å². The van der Waals surface area contributed by atoms with Crippen LogP contribution in [0.3, 0.4) is 0 Å². The predicted molar refractivity (Wildman–Crippen MR) is 150 cm³/mol. The molecule has 0 aromatic heterocycles. The lowest BCUT2D eigenvalue weighted by molar-refractivity contribution is -0.160. The van der Waals surface area contributed by atoms with Gasteiger partial charge in [0.05, 0.1) is 0 Å². The van der Waals surface area contributed by atoms with Crippen molar-refractivity contribution in [1.82, 2.24) is 0 Å². The number of carbonyl (C=O) groups excluding carboxylic acids is 3. The highest BCUT2D eigenvalue weighted by molar-refractivity contribution is 6.01. The van der Waals surface area contributed by atoms with Gasteiger partial charge in [-0.15, -0.1) is 0 Å². The third-order valence-corrected chi connectivity index (χ3v) is 7.84. The van der Waals surface area contributed by atoms with Gasteiger partial charge in [-0.1, -0.05) is 90.5 Å². The molecule has 0 radical (unpaired) electrons. The Balaban J connectivity index is 1.62. The summed E-state index contributed by atoms with van der Waals surface area (Å²) in [6.45, 7) is 1.34. The Bertz CT molecular complexity index is 1680. The monoisotopic (exact) mass is 500 g/mol. The molecule has 0 fully saturated rings. The summed E-state index contributed by atoms with van der Waals surface area (Å²) < 4.78 is 6.07. The SMILES string of the molecule is CC(=O)CC(=O)OC(C=O)(c1cccc2ccccc12)c1cccc2c3c(ccc12)C1=C(CCC=C1)CC3. The van der Waals surface area contributed by atoms with Gasteiger partial charge in [-0.3, -0.25) is 14.4 Å². The van der Waals surface area contributed by atoms with Crippen molar-refractivity contribution in [2.75, 3.05) is 0 Å². The maximum atomic E-state index is 13.2. The van der Waals surface area contributed by atoms with Gasteiger partial charge in [0, 0.05) is 11.1 Å². The molecule has 6 rings (SSSR count). The molecule has 4 aromatic rings. The van der Waals surface area contributed by atoms with Gasteiger partial charge < -0.3 is 4.74 Å². The molecule has 1 unspecified atom stereocenters. The van der Waals surface area contributed by atoms with Crippen LogP contribution in [-0.2, 0) is 31.1 Å². The van der Waals surface area contributed by atoms with Crippen molar-refractivity contribution in [3.63, 3.8) is 0 Å². The minimum Gasteiger partial charge on any atom is -0.441 e. The van der Waals surface area contributed by atoms with Crippen LogP contribution in [0.1, 0.15) is 54.9 Å². The number of hydrogen-bond donors (Lipinski definition) is 0. The highest BCUT2D eigenvalue weighted by atomic mass is 16.6. The quantitative estimate of drug-likeness (QED) is 0.162. The van der Waals surface area contributed by atoms with Crippen molar-refractivity contribution in [3.8, 4) is 0 Å². The molecule has 0 saturated heterocycles. The van der Waals surface area contributed by atoms with Gasteiger partial charge in [-0.05, 0) is 70.9 Å². The number of hydrogen-bond acceptors (Lipinski definition) is 4. The summed E-state index contributed by atoms with van der Waals surface area (Å²) >= 11 is 0. The van der Waals surface area contributed by atoms with E-state index in [1.165, 1.54) is 29.2 Å². The van der Waals surface area contributed by atoms with E-state index in [-0.39, 0.29) is 5.78 Å². The van der Waals surface area contributed by atoms with Crippen LogP contribution in [0.4, 0.5) is 0 Å². The lowest BCUT2D eigenvalue weighted by Crippen LogP contribution is -2.36. The molecule has 4 aromatic carbocycles. The van der Waals surface area contributed by atoms with E-state index < -0.39 is 18.0 Å². The lowest BCUT2D eigenvalue weighted by atomic mass is 9.77. The molecule has 4 heteroatoms. The van der Waals surface area contributed by atoms with E-state index >= 15 is 0 Å². The Kier molecular flexibility index (Phi) is 6.03. The van der Waals surface area contributed by atoms with E-state index in [1.54, 1.807) is 0 Å². The fourth-order valence-electron chi connectivity index (χ4n) is 6.17. The van der Waals surface area contributed by atoms with Gasteiger partial charge >= 0.3 is 5.97 Å². The number of fused-ring (bicyclic) bond motifs is 5. The molecule has 1 atom stereocenters. The van der Waals surface area contributed by atoms with Crippen LogP contribution >= 0.6 is 0 Å². The number of allylic oxidation sites excluding steroid dienone is 4. The Hall–Kier alpha value is -4.31. The van der Waals surface area contributed by atoms with Gasteiger partial charge in [0.1, 0.15) is 12.2 Å². The number of ketones is 1. The second kappa shape index (κ2) is 9.53. The van der Waals surface area contributed by atoms with Crippen molar-refractivity contribution in [2.45, 2.75) is 44.6 Å². The lowest BCUT2D eigenvalue weighted by Gasteiger charge is -2.32. The number of rotatable bonds is 6. The number of aldehydes is 1. The number of aryl methyl sites for hydroxylation is 1. The van der Waals surface area contributed by atoms with Gasteiger partial charge in [-0.25, -0.2) is 0 Å². The average molecular weight is 501 g/mol. The summed E-state index contributed by atoms with van der Waals surface area (Å²) in [4.78, 5) is 38.1. The summed E-state index contributed by atoms with van der Waals surface area (Å²) in [6, 6.07) is 23.5. The molecule has 4 nitrogen and oxygen atoms in total. The minimum atomic E-state index is -1.72.